The fourth-order valence-corrected chi connectivity index (χ4v) is 34.1. The second-order valence-corrected chi connectivity index (χ2v) is 29.8. The van der Waals surface area contributed by atoms with Crippen LogP contribution >= 0.6 is 0 Å². The number of hydrogen-bond donors (Lipinski definition) is 0. The monoisotopic (exact) mass is 726 g/mol. The number of benzene rings is 3. The molecule has 0 bridgehead atoms. The van der Waals surface area contributed by atoms with Crippen LogP contribution in [-0.4, -0.2) is 31.5 Å². The Morgan fingerprint density at radius 1 is 0.717 bits per heavy atom. The molecule has 0 N–H and O–H groups in total. The molecule has 0 spiro atoms. The normalized spacial score (nSPS) is 22.5. The number of ether oxygens (including phenoxy) is 1. The van der Waals surface area contributed by atoms with Crippen LogP contribution in [0.3, 0.4) is 0 Å². The molecule has 0 aliphatic heterocycles. The Balaban J connectivity index is 1.75. The molecule has 0 aromatic heterocycles. The molecule has 0 amide bonds. The van der Waals surface area contributed by atoms with E-state index in [1.165, 1.54) is 42.8 Å². The molecule has 1 saturated carbocycles. The van der Waals surface area contributed by atoms with Gasteiger partial charge in [0.05, 0.1) is 0 Å². The summed E-state index contributed by atoms with van der Waals surface area (Å²) in [6, 6.07) is 33.7. The molecule has 0 saturated heterocycles. The van der Waals surface area contributed by atoms with Gasteiger partial charge in [-0.05, 0) is 0 Å². The maximum absolute atomic E-state index is 13.9. The third kappa shape index (κ3) is 7.22. The molecular formula is C43H58O2Sn. The molecule has 246 valence electrons. The van der Waals surface area contributed by atoms with Gasteiger partial charge in [-0.3, -0.25) is 0 Å². The van der Waals surface area contributed by atoms with Crippen LogP contribution in [0, 0.1) is 11.3 Å². The van der Waals surface area contributed by atoms with E-state index >= 15 is 0 Å². The van der Waals surface area contributed by atoms with E-state index in [9.17, 15) is 4.79 Å². The zero-order valence-corrected chi connectivity index (χ0v) is 32.7. The average molecular weight is 726 g/mol. The molecule has 3 aromatic rings. The first-order chi connectivity index (χ1) is 21.7. The average Bonchev–Trinajstić information content (AvgIpc) is 3.05. The molecule has 1 fully saturated rings. The van der Waals surface area contributed by atoms with Crippen LogP contribution in [-0.2, 0) is 25.8 Å². The van der Waals surface area contributed by atoms with Crippen molar-refractivity contribution < 1.29 is 9.53 Å². The molecule has 2 aliphatic rings. The van der Waals surface area contributed by atoms with E-state index in [0.717, 1.165) is 19.3 Å². The van der Waals surface area contributed by atoms with Gasteiger partial charge >= 0.3 is 286 Å². The fourth-order valence-electron chi connectivity index (χ4n) is 9.93. The Hall–Kier alpha value is -2.33. The van der Waals surface area contributed by atoms with Crippen molar-refractivity contribution in [3.63, 3.8) is 0 Å². The van der Waals surface area contributed by atoms with E-state index < -0.39 is 23.8 Å². The van der Waals surface area contributed by atoms with Crippen LogP contribution in [0.2, 0.25) is 17.2 Å². The number of carbonyl (C=O) groups is 1. The minimum absolute atomic E-state index is 0.00199. The van der Waals surface area contributed by atoms with Crippen LogP contribution in [0.4, 0.5) is 0 Å². The first-order valence-corrected chi connectivity index (χ1v) is 25.4. The standard InChI is InChI=1S/C13H19O2.3C10H13.Sn/c1-13(12(14)15-2)9-5-7-10-6-3-4-8-11(10)13;3*1-10(2,3)9-7-5-4-6-8-9;/h5,7,11H,3-4,6,8-9H2,1-2H3;3*4-8H,1H2,2-3H3;/t11?,13-;;;;/m0..../s1. The molecule has 0 radical (unpaired) electrons. The summed E-state index contributed by atoms with van der Waals surface area (Å²) >= 11 is -3.50. The van der Waals surface area contributed by atoms with E-state index in [1.54, 1.807) is 12.7 Å². The summed E-state index contributed by atoms with van der Waals surface area (Å²) in [6.45, 7) is 17.3. The van der Waals surface area contributed by atoms with E-state index in [1.807, 2.05) is 0 Å². The van der Waals surface area contributed by atoms with Gasteiger partial charge < -0.3 is 0 Å². The predicted octanol–water partition coefficient (Wildman–Crippen LogP) is 11.4. The van der Waals surface area contributed by atoms with Gasteiger partial charge in [-0.15, -0.1) is 0 Å². The van der Waals surface area contributed by atoms with Gasteiger partial charge in [0.1, 0.15) is 0 Å². The number of rotatable bonds is 11. The third-order valence-electron chi connectivity index (χ3n) is 12.0. The second kappa shape index (κ2) is 13.7. The Labute approximate surface area is 284 Å². The molecular weight excluding hydrogens is 667 g/mol. The molecule has 1 unspecified atom stereocenters. The van der Waals surface area contributed by atoms with Gasteiger partial charge in [0, 0.05) is 0 Å². The van der Waals surface area contributed by atoms with Crippen LogP contribution in [0.25, 0.3) is 0 Å². The van der Waals surface area contributed by atoms with Crippen LogP contribution < -0.4 is 0 Å². The van der Waals surface area contributed by atoms with Crippen molar-refractivity contribution in [2.45, 2.75) is 114 Å². The van der Waals surface area contributed by atoms with Crippen molar-refractivity contribution in [1.29, 1.82) is 0 Å². The molecule has 2 nitrogen and oxygen atoms in total. The molecule has 3 heteroatoms. The van der Waals surface area contributed by atoms with Crippen molar-refractivity contribution in [1.82, 2.24) is 0 Å². The van der Waals surface area contributed by atoms with Crippen LogP contribution in [0.5, 0.6) is 0 Å². The number of esters is 1. The number of hydrogen-bond acceptors (Lipinski definition) is 2. The minimum atomic E-state index is -3.50. The molecule has 46 heavy (non-hydrogen) atoms. The summed E-state index contributed by atoms with van der Waals surface area (Å²) in [5.74, 6) is 0.308. The van der Waals surface area contributed by atoms with Gasteiger partial charge in [-0.2, -0.15) is 0 Å². The topological polar surface area (TPSA) is 26.3 Å². The Bertz CT molecular complexity index is 1360. The van der Waals surface area contributed by atoms with Gasteiger partial charge in [0.15, 0.2) is 0 Å². The van der Waals surface area contributed by atoms with Crippen LogP contribution in [0.1, 0.15) is 97.3 Å². The Morgan fingerprint density at radius 2 is 1.13 bits per heavy atom. The Kier molecular flexibility index (Phi) is 10.4. The van der Waals surface area contributed by atoms with Gasteiger partial charge in [-0.25, -0.2) is 0 Å². The maximum atomic E-state index is 13.9. The molecule has 5 rings (SSSR count). The number of allylic oxidation sites excluding steroid dienone is 2. The fraction of sp³-hybridized carbons (Fsp3) is 0.512. The first-order valence-electron chi connectivity index (χ1n) is 17.7. The summed E-state index contributed by atoms with van der Waals surface area (Å²) in [4.78, 5) is 13.9. The number of carbonyl (C=O) groups excluding carboxylic acids is 1. The van der Waals surface area contributed by atoms with Gasteiger partial charge in [0.2, 0.25) is 0 Å². The van der Waals surface area contributed by atoms with E-state index in [4.69, 9.17) is 4.74 Å². The van der Waals surface area contributed by atoms with Crippen molar-refractivity contribution in [3.05, 3.63) is 119 Å². The molecule has 3 atom stereocenters. The van der Waals surface area contributed by atoms with Gasteiger partial charge in [0.25, 0.3) is 0 Å². The SMILES string of the molecule is COC(=O)[C@@]1(C)C[C@H]([Sn]([CH2]C(C)(C)c2ccccc2)([CH2]C(C)(C)c2ccccc2)[CH2]C(C)(C)c2ccccc2)C=C2CCCCC21. The van der Waals surface area contributed by atoms with E-state index in [-0.39, 0.29) is 22.2 Å². The zero-order valence-electron chi connectivity index (χ0n) is 29.9. The molecule has 0 heterocycles. The van der Waals surface area contributed by atoms with E-state index in [0.29, 0.717) is 9.85 Å². The third-order valence-corrected chi connectivity index (χ3v) is 31.1. The summed E-state index contributed by atoms with van der Waals surface area (Å²) in [5, 5.41) is 0. The molecule has 2 aliphatic carbocycles. The summed E-state index contributed by atoms with van der Waals surface area (Å²) in [6.07, 6.45) is 8.37. The zero-order chi connectivity index (χ0) is 33.2. The number of methoxy groups -OCH3 is 1. The second-order valence-electron chi connectivity index (χ2n) is 16.9. The quantitative estimate of drug-likeness (QED) is 0.112. The van der Waals surface area contributed by atoms with E-state index in [2.05, 4.69) is 146 Å². The van der Waals surface area contributed by atoms with Crippen molar-refractivity contribution in [3.8, 4) is 0 Å². The van der Waals surface area contributed by atoms with Crippen molar-refractivity contribution in [2.24, 2.45) is 11.3 Å². The summed E-state index contributed by atoms with van der Waals surface area (Å²) in [7, 11) is 1.61. The first kappa shape index (κ1) is 35.0. The summed E-state index contributed by atoms with van der Waals surface area (Å²) < 4.78 is 9.80. The molecule has 3 aromatic carbocycles. The Morgan fingerprint density at radius 3 is 1.52 bits per heavy atom. The predicted molar refractivity (Wildman–Crippen MR) is 197 cm³/mol. The number of fused-ring (bicyclic) bond motifs is 1. The van der Waals surface area contributed by atoms with Crippen LogP contribution in [0.15, 0.2) is 103 Å². The van der Waals surface area contributed by atoms with Gasteiger partial charge in [-0.1, -0.05) is 0 Å². The van der Waals surface area contributed by atoms with Crippen molar-refractivity contribution >= 4 is 24.3 Å². The summed E-state index contributed by atoms with van der Waals surface area (Å²) in [5.41, 5.74) is 5.42. The van der Waals surface area contributed by atoms with Crippen molar-refractivity contribution in [2.75, 3.05) is 7.11 Å².